The molecule has 3 amide bonds. The molecule has 0 bridgehead atoms. The zero-order valence-electron chi connectivity index (χ0n) is 20.8. The number of hydrogen-bond acceptors (Lipinski definition) is 11. The predicted molar refractivity (Wildman–Crippen MR) is 116 cm³/mol. The molecule has 1 fully saturated rings. The lowest BCUT2D eigenvalue weighted by Crippen LogP contribution is -2.70. The minimum Gasteiger partial charge on any atom is -0.463 e. The number of ether oxygens (including phenoxy) is 5. The van der Waals surface area contributed by atoms with Crippen LogP contribution in [-0.4, -0.2) is 85.1 Å². The van der Waals surface area contributed by atoms with Crippen LogP contribution in [0.1, 0.15) is 48.5 Å². The number of carbonyl (C=O) groups is 6. The molecule has 35 heavy (non-hydrogen) atoms. The second kappa shape index (κ2) is 12.9. The molecular formula is C21H33N3O11. The quantitative estimate of drug-likeness (QED) is 0.280. The molecule has 0 aliphatic carbocycles. The van der Waals surface area contributed by atoms with E-state index in [0.29, 0.717) is 0 Å². The Morgan fingerprint density at radius 1 is 0.829 bits per heavy atom. The average Bonchev–Trinajstić information content (AvgIpc) is 2.67. The summed E-state index contributed by atoms with van der Waals surface area (Å²) >= 11 is 0. The maximum absolute atomic E-state index is 12.5. The molecule has 0 aromatic carbocycles. The Bertz CT molecular complexity index is 824. The van der Waals surface area contributed by atoms with E-state index < -0.39 is 85.1 Å². The van der Waals surface area contributed by atoms with Crippen LogP contribution >= 0.6 is 0 Å². The van der Waals surface area contributed by atoms with Crippen LogP contribution in [0.15, 0.2) is 0 Å². The molecule has 0 saturated carbocycles. The third-order valence-electron chi connectivity index (χ3n) is 4.21. The fraction of sp³-hybridized carbons (Fsp3) is 0.714. The van der Waals surface area contributed by atoms with Gasteiger partial charge in [0.2, 0.25) is 11.8 Å². The second-order valence-electron chi connectivity index (χ2n) is 8.70. The van der Waals surface area contributed by atoms with Gasteiger partial charge in [-0.1, -0.05) is 0 Å². The zero-order valence-corrected chi connectivity index (χ0v) is 20.8. The van der Waals surface area contributed by atoms with Crippen LogP contribution in [0.25, 0.3) is 0 Å². The summed E-state index contributed by atoms with van der Waals surface area (Å²) in [6, 6.07) is -1.21. The van der Waals surface area contributed by atoms with Crippen LogP contribution in [0.4, 0.5) is 4.79 Å². The second-order valence-corrected chi connectivity index (χ2v) is 8.70. The first-order valence-corrected chi connectivity index (χ1v) is 10.8. The SMILES string of the molecule is CC(=O)N[C@@H]1[C@@H](OC(C)=O)[C@H](OC(C)=O)[C@@H](COC(C)=O)O[C@H]1NC(=O)CNC(=O)OC(C)(C)C. The zero-order chi connectivity index (χ0) is 26.9. The van der Waals surface area contributed by atoms with Crippen molar-refractivity contribution < 1.29 is 52.5 Å². The Morgan fingerprint density at radius 3 is 1.89 bits per heavy atom. The maximum Gasteiger partial charge on any atom is 0.408 e. The molecule has 0 spiro atoms. The Balaban J connectivity index is 3.17. The van der Waals surface area contributed by atoms with E-state index in [1.807, 2.05) is 0 Å². The van der Waals surface area contributed by atoms with E-state index in [4.69, 9.17) is 23.7 Å². The predicted octanol–water partition coefficient (Wildman–Crippen LogP) is -0.717. The molecule has 1 rings (SSSR count). The molecule has 1 aliphatic rings. The fourth-order valence-corrected chi connectivity index (χ4v) is 3.13. The third-order valence-corrected chi connectivity index (χ3v) is 4.21. The molecule has 0 aromatic heterocycles. The van der Waals surface area contributed by atoms with Crippen molar-refractivity contribution in [3.63, 3.8) is 0 Å². The monoisotopic (exact) mass is 503 g/mol. The van der Waals surface area contributed by atoms with Crippen molar-refractivity contribution in [3.8, 4) is 0 Å². The lowest BCUT2D eigenvalue weighted by atomic mass is 9.95. The van der Waals surface area contributed by atoms with Crippen molar-refractivity contribution in [2.45, 2.75) is 84.6 Å². The first-order chi connectivity index (χ1) is 16.1. The van der Waals surface area contributed by atoms with Gasteiger partial charge in [-0.05, 0) is 20.8 Å². The number of amides is 3. The Morgan fingerprint density at radius 2 is 1.40 bits per heavy atom. The van der Waals surface area contributed by atoms with Gasteiger partial charge in [-0.3, -0.25) is 24.0 Å². The first-order valence-electron chi connectivity index (χ1n) is 10.8. The van der Waals surface area contributed by atoms with E-state index in [1.165, 1.54) is 6.92 Å². The molecule has 1 aliphatic heterocycles. The first kappa shape index (κ1) is 29.6. The number of esters is 3. The summed E-state index contributed by atoms with van der Waals surface area (Å²) in [4.78, 5) is 71.1. The number of alkyl carbamates (subject to hydrolysis) is 1. The van der Waals surface area contributed by atoms with E-state index in [9.17, 15) is 28.8 Å². The molecule has 1 saturated heterocycles. The molecule has 3 N–H and O–H groups in total. The van der Waals surface area contributed by atoms with Gasteiger partial charge in [-0.2, -0.15) is 0 Å². The van der Waals surface area contributed by atoms with Crippen LogP contribution < -0.4 is 16.0 Å². The highest BCUT2D eigenvalue weighted by molar-refractivity contribution is 5.82. The molecule has 14 nitrogen and oxygen atoms in total. The fourth-order valence-electron chi connectivity index (χ4n) is 3.13. The summed E-state index contributed by atoms with van der Waals surface area (Å²) in [6.07, 6.45) is -5.96. The molecule has 0 radical (unpaired) electrons. The summed E-state index contributed by atoms with van der Waals surface area (Å²) in [5.74, 6) is -3.50. The van der Waals surface area contributed by atoms with Crippen molar-refractivity contribution in [1.29, 1.82) is 0 Å². The van der Waals surface area contributed by atoms with Gasteiger partial charge in [0, 0.05) is 27.7 Å². The summed E-state index contributed by atoms with van der Waals surface area (Å²) in [7, 11) is 0. The summed E-state index contributed by atoms with van der Waals surface area (Å²) in [5.41, 5.74) is -0.781. The van der Waals surface area contributed by atoms with Crippen LogP contribution in [0.3, 0.4) is 0 Å². The molecule has 1 heterocycles. The number of carbonyl (C=O) groups excluding carboxylic acids is 6. The Labute approximate surface area is 202 Å². The third kappa shape index (κ3) is 11.0. The van der Waals surface area contributed by atoms with Gasteiger partial charge in [-0.15, -0.1) is 0 Å². The van der Waals surface area contributed by atoms with Crippen molar-refractivity contribution >= 4 is 35.8 Å². The van der Waals surface area contributed by atoms with Gasteiger partial charge in [0.15, 0.2) is 18.4 Å². The molecule has 14 heteroatoms. The Kier molecular flexibility index (Phi) is 10.9. The van der Waals surface area contributed by atoms with Crippen molar-refractivity contribution in [2.75, 3.05) is 13.2 Å². The lowest BCUT2D eigenvalue weighted by Gasteiger charge is -2.45. The number of nitrogens with one attached hydrogen (secondary N) is 3. The molecule has 198 valence electrons. The van der Waals surface area contributed by atoms with Crippen molar-refractivity contribution in [3.05, 3.63) is 0 Å². The highest BCUT2D eigenvalue weighted by atomic mass is 16.6. The lowest BCUT2D eigenvalue weighted by molar-refractivity contribution is -0.227. The summed E-state index contributed by atoms with van der Waals surface area (Å²) in [6.45, 7) is 8.56. The summed E-state index contributed by atoms with van der Waals surface area (Å²) in [5, 5.41) is 7.25. The van der Waals surface area contributed by atoms with E-state index in [-0.39, 0.29) is 0 Å². The van der Waals surface area contributed by atoms with Gasteiger partial charge < -0.3 is 39.6 Å². The van der Waals surface area contributed by atoms with E-state index in [1.54, 1.807) is 20.8 Å². The summed E-state index contributed by atoms with van der Waals surface area (Å²) < 4.78 is 26.4. The normalized spacial score (nSPS) is 23.8. The van der Waals surface area contributed by atoms with Crippen LogP contribution in [-0.2, 0) is 47.7 Å². The smallest absolute Gasteiger partial charge is 0.408 e. The largest absolute Gasteiger partial charge is 0.463 e. The van der Waals surface area contributed by atoms with Crippen LogP contribution in [0.5, 0.6) is 0 Å². The van der Waals surface area contributed by atoms with Gasteiger partial charge >= 0.3 is 24.0 Å². The average molecular weight is 504 g/mol. The molecule has 0 aromatic rings. The molecule has 0 unspecified atom stereocenters. The van der Waals surface area contributed by atoms with Crippen molar-refractivity contribution in [1.82, 2.24) is 16.0 Å². The maximum atomic E-state index is 12.5. The number of hydrogen-bond donors (Lipinski definition) is 3. The van der Waals surface area contributed by atoms with Gasteiger partial charge in [0.1, 0.15) is 30.9 Å². The van der Waals surface area contributed by atoms with Gasteiger partial charge in [0.05, 0.1) is 0 Å². The standard InChI is InChI=1S/C21H33N3O11/c1-10(25)23-16-18(33-13(4)28)17(32-12(3)27)14(9-31-11(2)26)34-19(16)24-15(29)8-22-20(30)35-21(5,6)7/h14,16-19H,8-9H2,1-7H3,(H,22,30)(H,23,25)(H,24,29)/t14-,16-,17-,18-,19-/m1/s1. The van der Waals surface area contributed by atoms with E-state index in [0.717, 1.165) is 20.8 Å². The van der Waals surface area contributed by atoms with Crippen LogP contribution in [0.2, 0.25) is 0 Å². The van der Waals surface area contributed by atoms with Crippen molar-refractivity contribution in [2.24, 2.45) is 0 Å². The minimum atomic E-state index is -1.33. The van der Waals surface area contributed by atoms with Gasteiger partial charge in [-0.25, -0.2) is 4.79 Å². The number of rotatable bonds is 8. The molecule has 5 atom stereocenters. The van der Waals surface area contributed by atoms with E-state index >= 15 is 0 Å². The molecular weight excluding hydrogens is 470 g/mol. The minimum absolute atomic E-state index is 0.416. The highest BCUT2D eigenvalue weighted by Crippen LogP contribution is 2.26. The highest BCUT2D eigenvalue weighted by Gasteiger charge is 2.51. The topological polar surface area (TPSA) is 185 Å². The van der Waals surface area contributed by atoms with Gasteiger partial charge in [0.25, 0.3) is 0 Å². The van der Waals surface area contributed by atoms with E-state index in [2.05, 4.69) is 16.0 Å². The van der Waals surface area contributed by atoms with Crippen LogP contribution in [0, 0.1) is 0 Å². The Hall–Kier alpha value is -3.42.